The van der Waals surface area contributed by atoms with Crippen LogP contribution < -0.4 is 21.9 Å². The molecule has 0 spiro atoms. The Labute approximate surface area is 720 Å². The van der Waals surface area contributed by atoms with E-state index in [2.05, 4.69) is 51.2 Å². The summed E-state index contributed by atoms with van der Waals surface area (Å²) < 4.78 is 151. The minimum atomic E-state index is -3.93. The van der Waals surface area contributed by atoms with E-state index in [0.29, 0.717) is 77.7 Å². The van der Waals surface area contributed by atoms with Gasteiger partial charge in [-0.3, -0.25) is 19.4 Å². The van der Waals surface area contributed by atoms with Gasteiger partial charge in [0.25, 0.3) is 47.1 Å². The van der Waals surface area contributed by atoms with E-state index in [1.807, 2.05) is 45.9 Å². The number of carbonyl (C=O) groups excluding carboxylic acids is 1. The van der Waals surface area contributed by atoms with Crippen LogP contribution in [0.4, 0.5) is 17.6 Å². The summed E-state index contributed by atoms with van der Waals surface area (Å²) >= 11 is 3.21. The SMILES string of the molecule is CC1(C)OB(c2cn(S(=O)(=O)c3ccccc3)c3ncccc23)OC1(C)C.N#Cc1cc(-c2cn(S(=O)(=O)c3ccccc3)c3ncccc23)ccn1.N#Cc1cc(Br)ccn1.O=C(NCc1cc(-c2cn(S(=O)(=O)c3ccccc3)c3ncccc23)ccn1)c1cccn(Cc2ccc(F)c(F)c2)c1=O.O=C(O)c1cccn(Cc2ccc(F)c(F)c2)c1=O. The summed E-state index contributed by atoms with van der Waals surface area (Å²) in [7, 11) is -12.2. The molecule has 1 aliphatic heterocycles. The van der Waals surface area contributed by atoms with Crippen molar-refractivity contribution in [1.82, 2.24) is 56.3 Å². The van der Waals surface area contributed by atoms with Crippen molar-refractivity contribution in [3.05, 3.63) is 380 Å². The molecule has 1 aliphatic rings. The summed E-state index contributed by atoms with van der Waals surface area (Å²) in [6.45, 7) is 7.75. The molecule has 12 heterocycles. The number of nitrogens with zero attached hydrogens (tertiary/aromatic N) is 13. The fourth-order valence-corrected chi connectivity index (χ4v) is 17.2. The Bertz CT molecular complexity index is 7370. The molecule has 0 bridgehead atoms. The van der Waals surface area contributed by atoms with Crippen molar-refractivity contribution in [3.63, 3.8) is 0 Å². The molecule has 1 amide bonds. The van der Waals surface area contributed by atoms with Crippen LogP contribution in [0.1, 0.15) is 76.6 Å². The number of nitrogens with one attached hydrogen (secondary N) is 1. The third kappa shape index (κ3) is 19.5. The van der Waals surface area contributed by atoms with Gasteiger partial charge >= 0.3 is 13.1 Å². The molecule has 16 aromatic rings. The summed E-state index contributed by atoms with van der Waals surface area (Å²) in [4.78, 5) is 74.0. The van der Waals surface area contributed by atoms with Crippen LogP contribution in [0.15, 0.2) is 321 Å². The number of carbonyl (C=O) groups is 2. The van der Waals surface area contributed by atoms with Gasteiger partial charge < -0.3 is 28.9 Å². The van der Waals surface area contributed by atoms with Gasteiger partial charge in [0, 0.05) is 105 Å². The predicted molar refractivity (Wildman–Crippen MR) is 460 cm³/mol. The first-order chi connectivity index (χ1) is 59.8. The molecule has 11 aromatic heterocycles. The third-order valence-electron chi connectivity index (χ3n) is 19.8. The van der Waals surface area contributed by atoms with Gasteiger partial charge in [0.15, 0.2) is 40.2 Å². The van der Waals surface area contributed by atoms with Crippen molar-refractivity contribution in [2.75, 3.05) is 0 Å². The highest BCUT2D eigenvalue weighted by Gasteiger charge is 2.53. The lowest BCUT2D eigenvalue weighted by Crippen LogP contribution is -2.41. The summed E-state index contributed by atoms with van der Waals surface area (Å²) in [5, 5.41) is 30.9. The number of hydrogen-bond donors (Lipinski definition) is 2. The predicted octanol–water partition coefficient (Wildman–Crippen LogP) is 14.1. The van der Waals surface area contributed by atoms with Crippen LogP contribution in [-0.2, 0) is 59.0 Å². The number of halogens is 5. The van der Waals surface area contributed by atoms with E-state index < -0.39 is 94.7 Å². The molecular weight excluding hydrogens is 1740 g/mol. The number of nitriles is 2. The second-order valence-electron chi connectivity index (χ2n) is 28.5. The van der Waals surface area contributed by atoms with Crippen LogP contribution >= 0.6 is 15.9 Å². The lowest BCUT2D eigenvalue weighted by molar-refractivity contribution is 0.00578. The van der Waals surface area contributed by atoms with E-state index in [9.17, 15) is 62.0 Å². The van der Waals surface area contributed by atoms with Gasteiger partial charge in [-0.25, -0.2) is 84.4 Å². The first kappa shape index (κ1) is 88.3. The number of benzene rings is 5. The number of rotatable bonds is 17. The Morgan fingerprint density at radius 3 is 1.31 bits per heavy atom. The van der Waals surface area contributed by atoms with Crippen LogP contribution in [0.25, 0.3) is 55.4 Å². The maximum absolute atomic E-state index is 13.6. The number of amides is 1. The van der Waals surface area contributed by atoms with Crippen LogP contribution in [0, 0.1) is 45.9 Å². The summed E-state index contributed by atoms with van der Waals surface area (Å²) in [5.74, 6) is -5.99. The quantitative estimate of drug-likeness (QED) is 0.0631. The minimum absolute atomic E-state index is 0.0244. The number of pyridine rings is 8. The van der Waals surface area contributed by atoms with E-state index in [-0.39, 0.29) is 56.8 Å². The first-order valence-corrected chi connectivity index (χ1v) is 42.7. The fourth-order valence-electron chi connectivity index (χ4n) is 12.9. The molecule has 27 nitrogen and oxygen atoms in total. The number of aromatic carboxylic acids is 1. The highest BCUT2D eigenvalue weighted by Crippen LogP contribution is 2.39. The Hall–Kier alpha value is -14.5. The highest BCUT2D eigenvalue weighted by atomic mass is 79.9. The normalized spacial score (nSPS) is 12.7. The average molecular weight is 1800 g/mol. The number of fused-ring (bicyclic) bond motifs is 3. The van der Waals surface area contributed by atoms with Crippen molar-refractivity contribution in [2.24, 2.45) is 0 Å². The van der Waals surface area contributed by atoms with Crippen molar-refractivity contribution in [1.29, 1.82) is 10.5 Å². The van der Waals surface area contributed by atoms with Crippen molar-refractivity contribution in [2.45, 2.75) is 73.2 Å². The van der Waals surface area contributed by atoms with E-state index in [4.69, 9.17) is 24.9 Å². The zero-order chi connectivity index (χ0) is 89.1. The molecular formula is C89H68BBrF4N14O13S3. The van der Waals surface area contributed by atoms with Gasteiger partial charge in [-0.1, -0.05) is 82.7 Å². The van der Waals surface area contributed by atoms with Crippen molar-refractivity contribution in [3.8, 4) is 34.4 Å². The third-order valence-corrected chi connectivity index (χ3v) is 25.3. The molecule has 5 aromatic carbocycles. The van der Waals surface area contributed by atoms with Gasteiger partial charge in [-0.15, -0.1) is 0 Å². The molecule has 628 valence electrons. The van der Waals surface area contributed by atoms with E-state index in [1.54, 1.807) is 177 Å². The van der Waals surface area contributed by atoms with Crippen LogP contribution in [0.3, 0.4) is 0 Å². The largest absolute Gasteiger partial charge is 0.497 e. The summed E-state index contributed by atoms with van der Waals surface area (Å²) in [6.07, 6.45) is 16.7. The van der Waals surface area contributed by atoms with Crippen LogP contribution in [0.5, 0.6) is 0 Å². The van der Waals surface area contributed by atoms with Gasteiger partial charge in [0.1, 0.15) is 34.7 Å². The molecule has 0 aliphatic carbocycles. The zero-order valence-electron chi connectivity index (χ0n) is 66.2. The molecule has 0 saturated carbocycles. The molecule has 1 saturated heterocycles. The second-order valence-corrected chi connectivity index (χ2v) is 34.8. The van der Waals surface area contributed by atoms with Gasteiger partial charge in [0.05, 0.1) is 51.2 Å². The lowest BCUT2D eigenvalue weighted by Gasteiger charge is -2.32. The van der Waals surface area contributed by atoms with Gasteiger partial charge in [-0.05, 0) is 208 Å². The topological polar surface area (TPSA) is 371 Å². The number of aromatic nitrogens is 11. The smallest absolute Gasteiger partial charge is 0.477 e. The summed E-state index contributed by atoms with van der Waals surface area (Å²) in [6, 6.07) is 61.5. The maximum atomic E-state index is 13.6. The monoisotopic (exact) mass is 1800 g/mol. The van der Waals surface area contributed by atoms with Gasteiger partial charge in [-0.2, -0.15) is 10.5 Å². The minimum Gasteiger partial charge on any atom is -0.477 e. The number of carboxylic acid groups (broad SMARTS) is 1. The molecule has 125 heavy (non-hydrogen) atoms. The number of hydrogen-bond acceptors (Lipinski definition) is 20. The molecule has 36 heteroatoms. The average Bonchev–Trinajstić information content (AvgIpc) is 1.60. The number of carboxylic acids is 1. The molecule has 17 rings (SSSR count). The standard InChI is InChI=1S/C32H23F2N5O4S.C19H21BN2O4S.C19H12N4O2S.C13H9F2NO3.C6H3BrN2/c33-28-11-10-21(16-29(28)34)19-38-15-5-9-26(32(38)41)31(40)37-18-23-17-22(12-14-35-23)27-20-39(30-25(27)8-4-13-36-30)44(42,43)24-6-2-1-3-7-24;1-18(2)19(3,4)26-20(25-18)16-13-22(17-15(16)11-8-12-21-17)27(23,24)14-9-6-5-7-10-14;20-12-15-11-14(8-10-21-15)18-13-23(19-17(18)7-4-9-22-19)26(24,25)16-5-2-1-3-6-16;14-10-4-3-8(6-11(10)15)7-16-5-1-2-9(12(16)17)13(18)19;7-5-1-2-9-6(3-5)4-8/h1-17,20H,18-19H2,(H,37,40);5-13H,1-4H3;1-11,13H;1-6H,7H2,(H,18,19);1-3H. The highest BCUT2D eigenvalue weighted by molar-refractivity contribution is 9.10. The molecule has 0 atom stereocenters. The Morgan fingerprint density at radius 1 is 0.464 bits per heavy atom. The Balaban J connectivity index is 0.000000144. The van der Waals surface area contributed by atoms with E-state index >= 15 is 0 Å². The fraction of sp³-hybridized carbons (Fsp3) is 0.101. The van der Waals surface area contributed by atoms with Crippen LogP contribution in [-0.4, -0.2) is 112 Å². The van der Waals surface area contributed by atoms with E-state index in [1.165, 1.54) is 98.2 Å². The molecule has 1 fully saturated rings. The zero-order valence-corrected chi connectivity index (χ0v) is 70.2. The Kier molecular flexibility index (Phi) is 26.4. The van der Waals surface area contributed by atoms with Crippen molar-refractivity contribution >= 4 is 104 Å². The summed E-state index contributed by atoms with van der Waals surface area (Å²) in [5.41, 5.74) is 3.28. The maximum Gasteiger partial charge on any atom is 0.497 e. The second kappa shape index (κ2) is 37.4. The van der Waals surface area contributed by atoms with Crippen LogP contribution in [0.2, 0.25) is 0 Å². The molecule has 2 N–H and O–H groups in total. The van der Waals surface area contributed by atoms with Crippen molar-refractivity contribution < 1.29 is 66.8 Å². The lowest BCUT2D eigenvalue weighted by atomic mass is 9.79. The first-order valence-electron chi connectivity index (χ1n) is 37.6. The molecule has 0 unspecified atom stereocenters. The molecule has 0 radical (unpaired) electrons. The van der Waals surface area contributed by atoms with Gasteiger partial charge in [0.2, 0.25) is 0 Å². The Morgan fingerprint density at radius 2 is 0.872 bits per heavy atom. The van der Waals surface area contributed by atoms with E-state index in [0.717, 1.165) is 37.3 Å².